The summed E-state index contributed by atoms with van der Waals surface area (Å²) in [4.78, 5) is 0. The topological polar surface area (TPSA) is 21.3 Å². The van der Waals surface area contributed by atoms with Gasteiger partial charge in [-0.3, -0.25) is 0 Å². The van der Waals surface area contributed by atoms with Gasteiger partial charge in [-0.2, -0.15) is 11.8 Å². The van der Waals surface area contributed by atoms with Crippen LogP contribution in [0.1, 0.15) is 59.3 Å². The Labute approximate surface area is 125 Å². The zero-order chi connectivity index (χ0) is 14.4. The van der Waals surface area contributed by atoms with Crippen molar-refractivity contribution in [3.8, 4) is 0 Å². The molecule has 0 aliphatic rings. The van der Waals surface area contributed by atoms with Gasteiger partial charge < -0.3 is 10.1 Å². The van der Waals surface area contributed by atoms with Gasteiger partial charge in [0.1, 0.15) is 0 Å². The molecule has 1 unspecified atom stereocenters. The Morgan fingerprint density at radius 1 is 1.11 bits per heavy atom. The first kappa shape index (κ1) is 19.3. The van der Waals surface area contributed by atoms with Crippen LogP contribution in [0.3, 0.4) is 0 Å². The summed E-state index contributed by atoms with van der Waals surface area (Å²) in [6.45, 7) is 9.87. The highest BCUT2D eigenvalue weighted by molar-refractivity contribution is 7.99. The molecule has 0 heterocycles. The van der Waals surface area contributed by atoms with E-state index in [9.17, 15) is 0 Å². The third-order valence-electron chi connectivity index (χ3n) is 3.99. The number of hydrogen-bond acceptors (Lipinski definition) is 3. The lowest BCUT2D eigenvalue weighted by atomic mass is 9.76. The zero-order valence-electron chi connectivity index (χ0n) is 13.6. The van der Waals surface area contributed by atoms with Gasteiger partial charge in [0.2, 0.25) is 0 Å². The van der Waals surface area contributed by atoms with Crippen molar-refractivity contribution in [3.63, 3.8) is 0 Å². The summed E-state index contributed by atoms with van der Waals surface area (Å²) in [7, 11) is 1.77. The van der Waals surface area contributed by atoms with Gasteiger partial charge in [-0.25, -0.2) is 0 Å². The quantitative estimate of drug-likeness (QED) is 0.481. The molecular formula is C16H35NOS. The molecule has 0 aromatic heterocycles. The van der Waals surface area contributed by atoms with Crippen molar-refractivity contribution in [2.24, 2.45) is 5.41 Å². The van der Waals surface area contributed by atoms with Gasteiger partial charge >= 0.3 is 0 Å². The van der Waals surface area contributed by atoms with Crippen molar-refractivity contribution >= 4 is 11.8 Å². The summed E-state index contributed by atoms with van der Waals surface area (Å²) in [6.07, 6.45) is 8.07. The molecule has 0 amide bonds. The highest BCUT2D eigenvalue weighted by atomic mass is 32.2. The predicted molar refractivity (Wildman–Crippen MR) is 89.2 cm³/mol. The van der Waals surface area contributed by atoms with Crippen LogP contribution in [-0.4, -0.2) is 38.3 Å². The fourth-order valence-electron chi connectivity index (χ4n) is 2.55. The maximum absolute atomic E-state index is 5.12. The maximum atomic E-state index is 5.12. The SMILES string of the molecule is CCCCC(CC)(CCCSCC)CNCCOC. The molecule has 1 N–H and O–H groups in total. The van der Waals surface area contributed by atoms with Gasteiger partial charge in [0, 0.05) is 20.2 Å². The Bertz CT molecular complexity index is 176. The average molecular weight is 290 g/mol. The highest BCUT2D eigenvalue weighted by Gasteiger charge is 2.26. The summed E-state index contributed by atoms with van der Waals surface area (Å²) < 4.78 is 5.12. The fourth-order valence-corrected chi connectivity index (χ4v) is 3.19. The van der Waals surface area contributed by atoms with E-state index in [1.165, 1.54) is 50.0 Å². The maximum Gasteiger partial charge on any atom is 0.0587 e. The van der Waals surface area contributed by atoms with Crippen LogP contribution in [0.15, 0.2) is 0 Å². The van der Waals surface area contributed by atoms with Gasteiger partial charge in [-0.05, 0) is 42.6 Å². The Kier molecular flexibility index (Phi) is 13.5. The zero-order valence-corrected chi connectivity index (χ0v) is 14.4. The van der Waals surface area contributed by atoms with Gasteiger partial charge in [-0.1, -0.05) is 33.6 Å². The summed E-state index contributed by atoms with van der Waals surface area (Å²) in [6, 6.07) is 0. The van der Waals surface area contributed by atoms with Gasteiger partial charge in [0.15, 0.2) is 0 Å². The number of ether oxygens (including phenoxy) is 1. The Morgan fingerprint density at radius 3 is 2.42 bits per heavy atom. The molecule has 19 heavy (non-hydrogen) atoms. The first-order valence-corrected chi connectivity index (χ1v) is 9.17. The van der Waals surface area contributed by atoms with Crippen molar-refractivity contribution in [2.45, 2.75) is 59.3 Å². The van der Waals surface area contributed by atoms with Crippen LogP contribution in [0.5, 0.6) is 0 Å². The van der Waals surface area contributed by atoms with Crippen LogP contribution in [0.25, 0.3) is 0 Å². The second-order valence-corrected chi connectivity index (χ2v) is 6.82. The monoisotopic (exact) mass is 289 g/mol. The first-order valence-electron chi connectivity index (χ1n) is 8.02. The third-order valence-corrected chi connectivity index (χ3v) is 4.98. The van der Waals surface area contributed by atoms with Crippen molar-refractivity contribution in [3.05, 3.63) is 0 Å². The third kappa shape index (κ3) is 9.75. The van der Waals surface area contributed by atoms with E-state index in [0.29, 0.717) is 5.41 Å². The minimum absolute atomic E-state index is 0.512. The molecule has 0 saturated carbocycles. The molecule has 0 aliphatic carbocycles. The van der Waals surface area contributed by atoms with E-state index in [1.807, 2.05) is 0 Å². The van der Waals surface area contributed by atoms with Crippen LogP contribution >= 0.6 is 11.8 Å². The molecule has 0 aromatic rings. The van der Waals surface area contributed by atoms with Gasteiger partial charge in [0.25, 0.3) is 0 Å². The lowest BCUT2D eigenvalue weighted by Gasteiger charge is -2.33. The van der Waals surface area contributed by atoms with Crippen molar-refractivity contribution in [2.75, 3.05) is 38.3 Å². The van der Waals surface area contributed by atoms with E-state index in [4.69, 9.17) is 4.74 Å². The number of rotatable bonds is 14. The standard InChI is InChI=1S/C16H35NOS/c1-5-8-10-16(6-2,11-9-14-19-7-3)15-17-12-13-18-4/h17H,5-15H2,1-4H3. The lowest BCUT2D eigenvalue weighted by molar-refractivity contribution is 0.176. The fraction of sp³-hybridized carbons (Fsp3) is 1.00. The van der Waals surface area contributed by atoms with E-state index in [-0.39, 0.29) is 0 Å². The minimum atomic E-state index is 0.512. The minimum Gasteiger partial charge on any atom is -0.383 e. The second kappa shape index (κ2) is 13.3. The van der Waals surface area contributed by atoms with Crippen molar-refractivity contribution in [1.29, 1.82) is 0 Å². The molecule has 0 aliphatic heterocycles. The molecule has 116 valence electrons. The predicted octanol–water partition coefficient (Wildman–Crippen LogP) is 4.34. The molecule has 0 rings (SSSR count). The molecule has 3 heteroatoms. The van der Waals surface area contributed by atoms with Crippen LogP contribution in [0, 0.1) is 5.41 Å². The summed E-state index contributed by atoms with van der Waals surface area (Å²) in [5, 5.41) is 3.60. The average Bonchev–Trinajstić information content (AvgIpc) is 2.45. The normalized spacial score (nSPS) is 14.5. The lowest BCUT2D eigenvalue weighted by Crippen LogP contribution is -2.35. The number of hydrogen-bond donors (Lipinski definition) is 1. The molecule has 0 aromatic carbocycles. The smallest absolute Gasteiger partial charge is 0.0587 e. The summed E-state index contributed by atoms with van der Waals surface area (Å²) in [5.74, 6) is 2.57. The van der Waals surface area contributed by atoms with Crippen LogP contribution in [0.2, 0.25) is 0 Å². The summed E-state index contributed by atoms with van der Waals surface area (Å²) >= 11 is 2.07. The Balaban J connectivity index is 4.15. The molecule has 0 spiro atoms. The number of methoxy groups -OCH3 is 1. The molecule has 2 nitrogen and oxygen atoms in total. The van der Waals surface area contributed by atoms with Crippen LogP contribution in [-0.2, 0) is 4.74 Å². The van der Waals surface area contributed by atoms with E-state index in [2.05, 4.69) is 37.8 Å². The number of nitrogens with one attached hydrogen (secondary N) is 1. The number of thioether (sulfide) groups is 1. The summed E-state index contributed by atoms with van der Waals surface area (Å²) in [5.41, 5.74) is 0.512. The van der Waals surface area contributed by atoms with Crippen molar-refractivity contribution < 1.29 is 4.74 Å². The molecule has 1 atom stereocenters. The molecule has 0 radical (unpaired) electrons. The molecule has 0 saturated heterocycles. The van der Waals surface area contributed by atoms with Crippen molar-refractivity contribution in [1.82, 2.24) is 5.32 Å². The first-order chi connectivity index (χ1) is 9.24. The number of unbranched alkanes of at least 4 members (excludes halogenated alkanes) is 1. The molecule has 0 bridgehead atoms. The molecule has 0 fully saturated rings. The van der Waals surface area contributed by atoms with Crippen LogP contribution in [0.4, 0.5) is 0 Å². The second-order valence-electron chi connectivity index (χ2n) is 5.43. The molecular weight excluding hydrogens is 254 g/mol. The highest BCUT2D eigenvalue weighted by Crippen LogP contribution is 2.34. The van der Waals surface area contributed by atoms with E-state index >= 15 is 0 Å². The van der Waals surface area contributed by atoms with Gasteiger partial charge in [0.05, 0.1) is 6.61 Å². The van der Waals surface area contributed by atoms with E-state index in [1.54, 1.807) is 7.11 Å². The van der Waals surface area contributed by atoms with E-state index in [0.717, 1.165) is 19.7 Å². The largest absolute Gasteiger partial charge is 0.383 e. The Hall–Kier alpha value is 0.270. The van der Waals surface area contributed by atoms with Crippen LogP contribution < -0.4 is 5.32 Å². The van der Waals surface area contributed by atoms with E-state index < -0.39 is 0 Å². The Morgan fingerprint density at radius 2 is 1.84 bits per heavy atom. The van der Waals surface area contributed by atoms with Gasteiger partial charge in [-0.15, -0.1) is 0 Å².